The van der Waals surface area contributed by atoms with Crippen molar-refractivity contribution in [2.24, 2.45) is 5.92 Å². The van der Waals surface area contributed by atoms with Crippen LogP contribution in [0.4, 0.5) is 0 Å². The maximum Gasteiger partial charge on any atom is 0.157 e. The largest absolute Gasteiger partial charge is 0.298 e. The van der Waals surface area contributed by atoms with Crippen molar-refractivity contribution in [1.29, 1.82) is 0 Å². The standard InChI is InChI=1S/C10H20O3S/c1-8(2)6-5-7-10(11)9(3)14(4,12)13/h8-9H,5-7H2,1-4H3. The van der Waals surface area contributed by atoms with Gasteiger partial charge >= 0.3 is 0 Å². The highest BCUT2D eigenvalue weighted by Crippen LogP contribution is 2.10. The number of carbonyl (C=O) groups excluding carboxylic acids is 1. The summed E-state index contributed by atoms with van der Waals surface area (Å²) in [7, 11) is -3.20. The minimum Gasteiger partial charge on any atom is -0.298 e. The molecular weight excluding hydrogens is 200 g/mol. The third-order valence-corrected chi connectivity index (χ3v) is 3.85. The molecule has 4 heteroatoms. The molecule has 0 fully saturated rings. The lowest BCUT2D eigenvalue weighted by Gasteiger charge is -2.08. The van der Waals surface area contributed by atoms with Gasteiger partial charge in [0.05, 0.1) is 0 Å². The van der Waals surface area contributed by atoms with E-state index in [2.05, 4.69) is 13.8 Å². The maximum absolute atomic E-state index is 11.4. The van der Waals surface area contributed by atoms with Gasteiger partial charge < -0.3 is 0 Å². The molecular formula is C10H20O3S. The topological polar surface area (TPSA) is 51.2 Å². The Labute approximate surface area is 86.8 Å². The van der Waals surface area contributed by atoms with Crippen molar-refractivity contribution in [1.82, 2.24) is 0 Å². The molecule has 0 saturated carbocycles. The molecule has 0 aliphatic heterocycles. The number of Topliss-reactive ketones (excluding diaryl/α,β-unsaturated/α-hetero) is 1. The van der Waals surface area contributed by atoms with Gasteiger partial charge in [0.1, 0.15) is 5.25 Å². The van der Waals surface area contributed by atoms with Crippen LogP contribution in [0, 0.1) is 5.92 Å². The second kappa shape index (κ2) is 5.49. The van der Waals surface area contributed by atoms with E-state index in [-0.39, 0.29) is 5.78 Å². The Morgan fingerprint density at radius 3 is 2.07 bits per heavy atom. The lowest BCUT2D eigenvalue weighted by Crippen LogP contribution is -2.26. The first-order chi connectivity index (χ1) is 6.25. The van der Waals surface area contributed by atoms with Crippen molar-refractivity contribution in [2.45, 2.75) is 45.3 Å². The second-order valence-corrected chi connectivity index (χ2v) is 6.59. The molecule has 0 rings (SSSR count). The molecule has 1 atom stereocenters. The zero-order valence-electron chi connectivity index (χ0n) is 9.41. The van der Waals surface area contributed by atoms with E-state index in [1.807, 2.05) is 0 Å². The zero-order chi connectivity index (χ0) is 11.4. The van der Waals surface area contributed by atoms with Crippen molar-refractivity contribution in [3.8, 4) is 0 Å². The SMILES string of the molecule is CC(C)CCCC(=O)C(C)S(C)(=O)=O. The molecule has 0 aliphatic rings. The second-order valence-electron chi connectivity index (χ2n) is 4.22. The van der Waals surface area contributed by atoms with Gasteiger partial charge in [0, 0.05) is 12.7 Å². The Hall–Kier alpha value is -0.380. The fourth-order valence-corrected chi connectivity index (χ4v) is 1.72. The molecule has 3 nitrogen and oxygen atoms in total. The first-order valence-electron chi connectivity index (χ1n) is 4.96. The van der Waals surface area contributed by atoms with Crippen LogP contribution in [-0.4, -0.2) is 25.7 Å². The van der Waals surface area contributed by atoms with Crippen LogP contribution < -0.4 is 0 Å². The van der Waals surface area contributed by atoms with Gasteiger partial charge in [0.2, 0.25) is 0 Å². The maximum atomic E-state index is 11.4. The van der Waals surface area contributed by atoms with Crippen molar-refractivity contribution in [3.05, 3.63) is 0 Å². The summed E-state index contributed by atoms with van der Waals surface area (Å²) in [6.45, 7) is 5.64. The summed E-state index contributed by atoms with van der Waals surface area (Å²) >= 11 is 0. The molecule has 0 bridgehead atoms. The molecule has 84 valence electrons. The van der Waals surface area contributed by atoms with Gasteiger partial charge in [-0.3, -0.25) is 4.79 Å². The summed E-state index contributed by atoms with van der Waals surface area (Å²) in [4.78, 5) is 11.4. The Morgan fingerprint density at radius 1 is 1.21 bits per heavy atom. The number of sulfone groups is 1. The van der Waals surface area contributed by atoms with E-state index < -0.39 is 15.1 Å². The summed E-state index contributed by atoms with van der Waals surface area (Å²) in [5.74, 6) is 0.407. The van der Waals surface area contributed by atoms with Gasteiger partial charge in [-0.25, -0.2) is 8.42 Å². The average molecular weight is 220 g/mol. The number of hydrogen-bond acceptors (Lipinski definition) is 3. The fraction of sp³-hybridized carbons (Fsp3) is 0.900. The number of rotatable bonds is 6. The van der Waals surface area contributed by atoms with Gasteiger partial charge in [-0.15, -0.1) is 0 Å². The van der Waals surface area contributed by atoms with E-state index in [1.165, 1.54) is 6.92 Å². The van der Waals surface area contributed by atoms with Gasteiger partial charge in [-0.05, 0) is 19.3 Å². The fourth-order valence-electron chi connectivity index (χ4n) is 1.13. The lowest BCUT2D eigenvalue weighted by molar-refractivity contribution is -0.118. The molecule has 0 aromatic rings. The molecule has 0 aromatic carbocycles. The zero-order valence-corrected chi connectivity index (χ0v) is 10.2. The Morgan fingerprint density at radius 2 is 1.71 bits per heavy atom. The van der Waals surface area contributed by atoms with E-state index in [0.29, 0.717) is 12.3 Å². The van der Waals surface area contributed by atoms with Crippen LogP contribution in [0.25, 0.3) is 0 Å². The molecule has 0 radical (unpaired) electrons. The molecule has 1 unspecified atom stereocenters. The van der Waals surface area contributed by atoms with E-state index in [9.17, 15) is 13.2 Å². The molecule has 0 amide bonds. The number of hydrogen-bond donors (Lipinski definition) is 0. The minimum atomic E-state index is -3.20. The molecule has 0 saturated heterocycles. The van der Waals surface area contributed by atoms with Crippen LogP contribution in [0.5, 0.6) is 0 Å². The molecule has 0 N–H and O–H groups in total. The van der Waals surface area contributed by atoms with Crippen LogP contribution in [0.2, 0.25) is 0 Å². The van der Waals surface area contributed by atoms with Crippen LogP contribution in [0.1, 0.15) is 40.0 Å². The minimum absolute atomic E-state index is 0.159. The van der Waals surface area contributed by atoms with Gasteiger partial charge in [0.25, 0.3) is 0 Å². The lowest BCUT2D eigenvalue weighted by atomic mass is 10.0. The number of ketones is 1. The Bertz CT molecular complexity index is 278. The molecule has 0 heterocycles. The number of carbonyl (C=O) groups is 1. The van der Waals surface area contributed by atoms with Crippen molar-refractivity contribution < 1.29 is 13.2 Å². The predicted molar refractivity (Wildman–Crippen MR) is 58.0 cm³/mol. The average Bonchev–Trinajstić information content (AvgIpc) is 2.00. The Balaban J connectivity index is 3.98. The molecule has 14 heavy (non-hydrogen) atoms. The third kappa shape index (κ3) is 5.37. The first kappa shape index (κ1) is 13.6. The molecule has 0 aromatic heterocycles. The summed E-state index contributed by atoms with van der Waals surface area (Å²) in [6, 6.07) is 0. The monoisotopic (exact) mass is 220 g/mol. The van der Waals surface area contributed by atoms with Gasteiger partial charge in [0.15, 0.2) is 15.6 Å². The van der Waals surface area contributed by atoms with Crippen molar-refractivity contribution in [3.63, 3.8) is 0 Å². The third-order valence-electron chi connectivity index (χ3n) is 2.30. The van der Waals surface area contributed by atoms with E-state index >= 15 is 0 Å². The predicted octanol–water partition coefficient (Wildman–Crippen LogP) is 1.81. The van der Waals surface area contributed by atoms with Crippen molar-refractivity contribution in [2.75, 3.05) is 6.26 Å². The van der Waals surface area contributed by atoms with Crippen LogP contribution in [-0.2, 0) is 14.6 Å². The molecule has 0 spiro atoms. The van der Waals surface area contributed by atoms with Crippen LogP contribution in [0.15, 0.2) is 0 Å². The highest BCUT2D eigenvalue weighted by atomic mass is 32.2. The normalized spacial score (nSPS) is 14.4. The smallest absolute Gasteiger partial charge is 0.157 e. The quantitative estimate of drug-likeness (QED) is 0.686. The summed E-state index contributed by atoms with van der Waals surface area (Å²) in [5, 5.41) is -0.838. The first-order valence-corrected chi connectivity index (χ1v) is 6.92. The van der Waals surface area contributed by atoms with E-state index in [4.69, 9.17) is 0 Å². The van der Waals surface area contributed by atoms with Crippen LogP contribution in [0.3, 0.4) is 0 Å². The van der Waals surface area contributed by atoms with Gasteiger partial charge in [-0.1, -0.05) is 20.3 Å². The van der Waals surface area contributed by atoms with Crippen LogP contribution >= 0.6 is 0 Å². The highest BCUT2D eigenvalue weighted by Gasteiger charge is 2.22. The van der Waals surface area contributed by atoms with Gasteiger partial charge in [-0.2, -0.15) is 0 Å². The summed E-state index contributed by atoms with van der Waals surface area (Å²) in [6.07, 6.45) is 3.25. The summed E-state index contributed by atoms with van der Waals surface area (Å²) in [5.41, 5.74) is 0. The molecule has 0 aliphatic carbocycles. The Kier molecular flexibility index (Phi) is 5.34. The van der Waals surface area contributed by atoms with E-state index in [1.54, 1.807) is 0 Å². The van der Waals surface area contributed by atoms with Crippen molar-refractivity contribution >= 4 is 15.6 Å². The highest BCUT2D eigenvalue weighted by molar-refractivity contribution is 7.92. The summed E-state index contributed by atoms with van der Waals surface area (Å²) < 4.78 is 22.1. The van der Waals surface area contributed by atoms with E-state index in [0.717, 1.165) is 19.1 Å².